The summed E-state index contributed by atoms with van der Waals surface area (Å²) in [6.07, 6.45) is 0. The molecular weight excluding hydrogens is 290 g/mol. The Morgan fingerprint density at radius 2 is 2.14 bits per heavy atom. The Hall–Kier alpha value is -1.50. The lowest BCUT2D eigenvalue weighted by molar-refractivity contribution is 0.207. The highest BCUT2D eigenvalue weighted by Gasteiger charge is 2.19. The molecule has 0 radical (unpaired) electrons. The minimum Gasteiger partial charge on any atom is -0.383 e. The minimum absolute atomic E-state index is 0.591. The van der Waals surface area contributed by atoms with Gasteiger partial charge in [-0.25, -0.2) is 10.8 Å². The Bertz CT molecular complexity index is 474. The monoisotopic (exact) mass is 311 g/mol. The highest BCUT2D eigenvalue weighted by Crippen LogP contribution is 2.20. The van der Waals surface area contributed by atoms with Crippen LogP contribution in [0.25, 0.3) is 0 Å². The van der Waals surface area contributed by atoms with Crippen LogP contribution in [0.3, 0.4) is 0 Å². The highest BCUT2D eigenvalue weighted by molar-refractivity contribution is 6.30. The maximum atomic E-state index is 6.04. The summed E-state index contributed by atoms with van der Waals surface area (Å²) in [5.74, 6) is 6.28. The number of aliphatic imine (C=N–C) groups is 1. The molecule has 0 atom stereocenters. The van der Waals surface area contributed by atoms with Gasteiger partial charge in [-0.05, 0) is 18.2 Å². The number of hydrogen-bond acceptors (Lipinski definition) is 4. The summed E-state index contributed by atoms with van der Waals surface area (Å²) < 4.78 is 5.00. The number of halogens is 1. The molecule has 1 fully saturated rings. The van der Waals surface area contributed by atoms with Crippen LogP contribution >= 0.6 is 11.6 Å². The molecule has 0 saturated carbocycles. The van der Waals surface area contributed by atoms with E-state index in [1.807, 2.05) is 18.2 Å². The largest absolute Gasteiger partial charge is 0.383 e. The van der Waals surface area contributed by atoms with Gasteiger partial charge in [0.2, 0.25) is 5.96 Å². The second-order valence-corrected chi connectivity index (χ2v) is 5.23. The Kier molecular flexibility index (Phi) is 6.10. The molecule has 6 nitrogen and oxygen atoms in total. The lowest BCUT2D eigenvalue weighted by atomic mass is 10.2. The van der Waals surface area contributed by atoms with Gasteiger partial charge in [0.1, 0.15) is 0 Å². The number of rotatable bonds is 4. The van der Waals surface area contributed by atoms with Gasteiger partial charge >= 0.3 is 0 Å². The molecule has 1 heterocycles. The van der Waals surface area contributed by atoms with Crippen molar-refractivity contribution < 1.29 is 4.74 Å². The zero-order valence-electron chi connectivity index (χ0n) is 12.3. The maximum absolute atomic E-state index is 6.04. The summed E-state index contributed by atoms with van der Waals surface area (Å²) >= 11 is 6.04. The second kappa shape index (κ2) is 8.07. The van der Waals surface area contributed by atoms with Gasteiger partial charge in [-0.1, -0.05) is 17.7 Å². The first kappa shape index (κ1) is 15.9. The van der Waals surface area contributed by atoms with Crippen LogP contribution in [0.5, 0.6) is 0 Å². The lowest BCUT2D eigenvalue weighted by Gasteiger charge is -2.37. The maximum Gasteiger partial charge on any atom is 0.208 e. The molecular formula is C14H22ClN5O. The van der Waals surface area contributed by atoms with E-state index < -0.39 is 0 Å². The molecule has 7 heteroatoms. The topological polar surface area (TPSA) is 66.1 Å². The van der Waals surface area contributed by atoms with Gasteiger partial charge in [0.15, 0.2) is 0 Å². The summed E-state index contributed by atoms with van der Waals surface area (Å²) in [4.78, 5) is 8.87. The Balaban J connectivity index is 1.91. The Morgan fingerprint density at radius 1 is 1.38 bits per heavy atom. The number of ether oxygens (including phenoxy) is 1. The molecule has 1 aliphatic heterocycles. The molecule has 0 bridgehead atoms. The van der Waals surface area contributed by atoms with Gasteiger partial charge < -0.3 is 14.5 Å². The molecule has 116 valence electrons. The number of nitrogens with zero attached hydrogens (tertiary/aromatic N) is 3. The molecule has 2 rings (SSSR count). The van der Waals surface area contributed by atoms with Crippen molar-refractivity contribution >= 4 is 23.2 Å². The quantitative estimate of drug-likeness (QED) is 0.285. The fraction of sp³-hybridized carbons (Fsp3) is 0.500. The summed E-state index contributed by atoms with van der Waals surface area (Å²) in [5, 5.41) is 0.764. The molecule has 0 aromatic heterocycles. The summed E-state index contributed by atoms with van der Waals surface area (Å²) in [6.45, 7) is 4.74. The third-order valence-corrected chi connectivity index (χ3v) is 3.67. The van der Waals surface area contributed by atoms with Gasteiger partial charge in [0.05, 0.1) is 13.2 Å². The molecule has 1 aliphatic rings. The molecule has 21 heavy (non-hydrogen) atoms. The van der Waals surface area contributed by atoms with E-state index in [0.29, 0.717) is 13.2 Å². The highest BCUT2D eigenvalue weighted by atomic mass is 35.5. The van der Waals surface area contributed by atoms with Crippen molar-refractivity contribution in [1.29, 1.82) is 0 Å². The first-order valence-corrected chi connectivity index (χ1v) is 7.38. The molecule has 1 aromatic carbocycles. The van der Waals surface area contributed by atoms with Gasteiger partial charge in [-0.15, -0.1) is 0 Å². The Labute approximate surface area is 130 Å². The number of benzene rings is 1. The van der Waals surface area contributed by atoms with Crippen molar-refractivity contribution in [2.45, 2.75) is 0 Å². The van der Waals surface area contributed by atoms with Crippen LogP contribution < -0.4 is 16.2 Å². The Morgan fingerprint density at radius 3 is 2.76 bits per heavy atom. The van der Waals surface area contributed by atoms with Crippen LogP contribution in [0.15, 0.2) is 29.3 Å². The van der Waals surface area contributed by atoms with Gasteiger partial charge in [0, 0.05) is 44.0 Å². The van der Waals surface area contributed by atoms with Crippen molar-refractivity contribution in [3.8, 4) is 0 Å². The molecule has 0 amide bonds. The number of nitrogens with two attached hydrogens (primary N) is 1. The van der Waals surface area contributed by atoms with E-state index in [4.69, 9.17) is 22.2 Å². The molecule has 0 unspecified atom stereocenters. The van der Waals surface area contributed by atoms with Gasteiger partial charge in [0.25, 0.3) is 0 Å². The zero-order valence-corrected chi connectivity index (χ0v) is 13.0. The standard InChI is InChI=1S/C14H22ClN5O/c1-21-10-5-17-14(18-16)20-8-6-19(7-9-20)13-4-2-3-12(15)11-13/h2-4,11H,5-10,16H2,1H3,(H,17,18). The van der Waals surface area contributed by atoms with Crippen LogP contribution in [-0.2, 0) is 4.74 Å². The molecule has 0 spiro atoms. The average molecular weight is 312 g/mol. The van der Waals surface area contributed by atoms with Crippen molar-refractivity contribution in [2.24, 2.45) is 10.8 Å². The van der Waals surface area contributed by atoms with E-state index in [1.165, 1.54) is 0 Å². The zero-order chi connectivity index (χ0) is 15.1. The van der Waals surface area contributed by atoms with E-state index in [-0.39, 0.29) is 0 Å². The summed E-state index contributed by atoms with van der Waals surface area (Å²) in [5.41, 5.74) is 3.83. The fourth-order valence-electron chi connectivity index (χ4n) is 2.33. The van der Waals surface area contributed by atoms with E-state index >= 15 is 0 Å². The first-order valence-electron chi connectivity index (χ1n) is 7.00. The summed E-state index contributed by atoms with van der Waals surface area (Å²) in [6, 6.07) is 7.94. The third kappa shape index (κ3) is 4.49. The van der Waals surface area contributed by atoms with Gasteiger partial charge in [-0.2, -0.15) is 0 Å². The number of methoxy groups -OCH3 is 1. The van der Waals surface area contributed by atoms with Crippen molar-refractivity contribution in [2.75, 3.05) is 51.3 Å². The third-order valence-electron chi connectivity index (χ3n) is 3.44. The van der Waals surface area contributed by atoms with E-state index in [1.54, 1.807) is 7.11 Å². The molecule has 0 aliphatic carbocycles. The number of hydrazine groups is 1. The number of hydrogen-bond donors (Lipinski definition) is 2. The number of nitrogens with one attached hydrogen (secondary N) is 1. The number of piperazine rings is 1. The van der Waals surface area contributed by atoms with Crippen molar-refractivity contribution in [3.05, 3.63) is 29.3 Å². The predicted octanol–water partition coefficient (Wildman–Crippen LogP) is 0.928. The average Bonchev–Trinajstić information content (AvgIpc) is 2.52. The molecule has 3 N–H and O–H groups in total. The van der Waals surface area contributed by atoms with Gasteiger partial charge in [-0.3, -0.25) is 5.43 Å². The van der Waals surface area contributed by atoms with Crippen LogP contribution in [0.2, 0.25) is 5.02 Å². The fourth-order valence-corrected chi connectivity index (χ4v) is 2.51. The second-order valence-electron chi connectivity index (χ2n) is 4.80. The van der Waals surface area contributed by atoms with E-state index in [0.717, 1.165) is 42.8 Å². The molecule has 1 aromatic rings. The van der Waals surface area contributed by atoms with E-state index in [2.05, 4.69) is 26.3 Å². The van der Waals surface area contributed by atoms with Crippen LogP contribution in [-0.4, -0.2) is 57.3 Å². The van der Waals surface area contributed by atoms with Crippen LogP contribution in [0.4, 0.5) is 5.69 Å². The van der Waals surface area contributed by atoms with Crippen molar-refractivity contribution in [1.82, 2.24) is 10.3 Å². The van der Waals surface area contributed by atoms with Crippen LogP contribution in [0.1, 0.15) is 0 Å². The minimum atomic E-state index is 0.591. The van der Waals surface area contributed by atoms with E-state index in [9.17, 15) is 0 Å². The predicted molar refractivity (Wildman–Crippen MR) is 86.7 cm³/mol. The first-order chi connectivity index (χ1) is 10.2. The number of guanidine groups is 1. The normalized spacial score (nSPS) is 16.2. The van der Waals surface area contributed by atoms with Crippen LogP contribution in [0, 0.1) is 0 Å². The summed E-state index contributed by atoms with van der Waals surface area (Å²) in [7, 11) is 1.66. The number of anilines is 1. The molecule has 1 saturated heterocycles. The SMILES string of the molecule is COCCN=C(NN)N1CCN(c2cccc(Cl)c2)CC1. The smallest absolute Gasteiger partial charge is 0.208 e. The van der Waals surface area contributed by atoms with Crippen molar-refractivity contribution in [3.63, 3.8) is 0 Å². The lowest BCUT2D eigenvalue weighted by Crippen LogP contribution is -2.54.